The number of rotatable bonds is 3. The number of benzene rings is 3. The van der Waals surface area contributed by atoms with Crippen LogP contribution in [0.3, 0.4) is 0 Å². The summed E-state index contributed by atoms with van der Waals surface area (Å²) in [5, 5.41) is 1.28. The third kappa shape index (κ3) is 2.90. The minimum Gasteiger partial charge on any atom is -0.340 e. The molecule has 1 aromatic heterocycles. The highest BCUT2D eigenvalue weighted by Gasteiger charge is 2.07. The van der Waals surface area contributed by atoms with Gasteiger partial charge in [0.15, 0.2) is 0 Å². The lowest BCUT2D eigenvalue weighted by Gasteiger charge is -2.10. The topological polar surface area (TPSA) is 4.93 Å². The second-order valence-electron chi connectivity index (χ2n) is 6.14. The molecule has 0 fully saturated rings. The van der Waals surface area contributed by atoms with Gasteiger partial charge in [-0.1, -0.05) is 64.5 Å². The van der Waals surface area contributed by atoms with Gasteiger partial charge in [0.05, 0.1) is 0 Å². The van der Waals surface area contributed by atoms with E-state index >= 15 is 0 Å². The minimum absolute atomic E-state index is 0.887. The number of nitrogens with zero attached hydrogens (tertiary/aromatic N) is 1. The van der Waals surface area contributed by atoms with Crippen molar-refractivity contribution in [2.75, 3.05) is 0 Å². The van der Waals surface area contributed by atoms with E-state index in [0.29, 0.717) is 0 Å². The average Bonchev–Trinajstić information content (AvgIpc) is 2.90. The second kappa shape index (κ2) is 6.29. The highest BCUT2D eigenvalue weighted by molar-refractivity contribution is 9.10. The molecule has 2 heteroatoms. The Balaban J connectivity index is 1.73. The molecule has 0 saturated carbocycles. The molecule has 0 N–H and O–H groups in total. The molecule has 118 valence electrons. The van der Waals surface area contributed by atoms with Crippen LogP contribution in [0.4, 0.5) is 0 Å². The first-order valence-electron chi connectivity index (χ1n) is 8.10. The molecular weight excluding hydrogens is 358 g/mol. The van der Waals surface area contributed by atoms with Crippen LogP contribution in [-0.4, -0.2) is 4.57 Å². The lowest BCUT2D eigenvalue weighted by Crippen LogP contribution is -2.01. The van der Waals surface area contributed by atoms with Crippen molar-refractivity contribution in [3.05, 3.63) is 94.6 Å². The van der Waals surface area contributed by atoms with Crippen LogP contribution in [0.1, 0.15) is 11.3 Å². The third-order valence-electron chi connectivity index (χ3n) is 4.45. The van der Waals surface area contributed by atoms with E-state index in [2.05, 4.69) is 106 Å². The fourth-order valence-electron chi connectivity index (χ4n) is 3.25. The Bertz CT molecular complexity index is 999. The van der Waals surface area contributed by atoms with Crippen molar-refractivity contribution in [1.82, 2.24) is 4.57 Å². The van der Waals surface area contributed by atoms with Crippen LogP contribution >= 0.6 is 15.9 Å². The summed E-state index contributed by atoms with van der Waals surface area (Å²) in [6, 6.07) is 28.1. The molecule has 0 aliphatic carbocycles. The predicted molar refractivity (Wildman–Crippen MR) is 105 cm³/mol. The maximum Gasteiger partial charge on any atom is 0.0486 e. The largest absolute Gasteiger partial charge is 0.340 e. The number of aryl methyl sites for hydroxylation is 1. The molecule has 0 radical (unpaired) electrons. The van der Waals surface area contributed by atoms with E-state index in [1.807, 2.05) is 0 Å². The van der Waals surface area contributed by atoms with E-state index in [-0.39, 0.29) is 0 Å². The number of hydrogen-bond acceptors (Lipinski definition) is 0. The van der Waals surface area contributed by atoms with E-state index in [0.717, 1.165) is 11.0 Å². The molecule has 0 bridgehead atoms. The van der Waals surface area contributed by atoms with E-state index in [1.165, 1.54) is 33.3 Å². The monoisotopic (exact) mass is 375 g/mol. The summed E-state index contributed by atoms with van der Waals surface area (Å²) in [4.78, 5) is 0. The van der Waals surface area contributed by atoms with Crippen LogP contribution in [0.15, 0.2) is 83.3 Å². The molecule has 1 heterocycles. The Morgan fingerprint density at radius 2 is 1.58 bits per heavy atom. The SMILES string of the molecule is Cc1cc2cc(Br)ccc2n1Cc1cccc(-c2ccccc2)c1. The van der Waals surface area contributed by atoms with Gasteiger partial charge < -0.3 is 4.57 Å². The molecule has 0 saturated heterocycles. The Morgan fingerprint density at radius 3 is 2.42 bits per heavy atom. The second-order valence-corrected chi connectivity index (χ2v) is 7.06. The lowest BCUT2D eigenvalue weighted by molar-refractivity contribution is 0.805. The van der Waals surface area contributed by atoms with Gasteiger partial charge in [-0.25, -0.2) is 0 Å². The molecule has 24 heavy (non-hydrogen) atoms. The Morgan fingerprint density at radius 1 is 0.792 bits per heavy atom. The van der Waals surface area contributed by atoms with Crippen molar-refractivity contribution in [1.29, 1.82) is 0 Å². The quantitative estimate of drug-likeness (QED) is 0.388. The van der Waals surface area contributed by atoms with Crippen molar-refractivity contribution in [3.63, 3.8) is 0 Å². The van der Waals surface area contributed by atoms with Crippen LogP contribution in [0, 0.1) is 6.92 Å². The molecule has 0 aliphatic heterocycles. The van der Waals surface area contributed by atoms with Crippen molar-refractivity contribution in [2.24, 2.45) is 0 Å². The first-order chi connectivity index (χ1) is 11.7. The highest BCUT2D eigenvalue weighted by Crippen LogP contribution is 2.26. The molecule has 1 nitrogen and oxygen atoms in total. The van der Waals surface area contributed by atoms with Gasteiger partial charge in [0.1, 0.15) is 0 Å². The van der Waals surface area contributed by atoms with Gasteiger partial charge in [-0.2, -0.15) is 0 Å². The average molecular weight is 376 g/mol. The molecule has 0 unspecified atom stereocenters. The normalized spacial score (nSPS) is 11.1. The van der Waals surface area contributed by atoms with Gasteiger partial charge in [-0.05, 0) is 53.9 Å². The van der Waals surface area contributed by atoms with E-state index in [9.17, 15) is 0 Å². The summed E-state index contributed by atoms with van der Waals surface area (Å²) in [6.45, 7) is 3.06. The minimum atomic E-state index is 0.887. The van der Waals surface area contributed by atoms with Crippen molar-refractivity contribution in [2.45, 2.75) is 13.5 Å². The first-order valence-corrected chi connectivity index (χ1v) is 8.90. The molecule has 0 aliphatic rings. The molecular formula is C22H18BrN. The van der Waals surface area contributed by atoms with Gasteiger partial charge in [-0.3, -0.25) is 0 Å². The van der Waals surface area contributed by atoms with Crippen LogP contribution in [-0.2, 0) is 6.54 Å². The summed E-state index contributed by atoms with van der Waals surface area (Å²) in [5.41, 5.74) is 6.41. The maximum absolute atomic E-state index is 3.56. The molecule has 4 aromatic rings. The van der Waals surface area contributed by atoms with Crippen LogP contribution in [0.5, 0.6) is 0 Å². The fraction of sp³-hybridized carbons (Fsp3) is 0.0909. The number of aromatic nitrogens is 1. The number of halogens is 1. The number of fused-ring (bicyclic) bond motifs is 1. The van der Waals surface area contributed by atoms with Gasteiger partial charge >= 0.3 is 0 Å². The van der Waals surface area contributed by atoms with Crippen LogP contribution in [0.2, 0.25) is 0 Å². The highest BCUT2D eigenvalue weighted by atomic mass is 79.9. The molecule has 0 amide bonds. The van der Waals surface area contributed by atoms with Crippen LogP contribution < -0.4 is 0 Å². The zero-order valence-corrected chi connectivity index (χ0v) is 15.1. The van der Waals surface area contributed by atoms with Crippen molar-refractivity contribution in [3.8, 4) is 11.1 Å². The first kappa shape index (κ1) is 15.2. The van der Waals surface area contributed by atoms with Gasteiger partial charge in [0.25, 0.3) is 0 Å². The molecule has 4 rings (SSSR count). The van der Waals surface area contributed by atoms with Crippen molar-refractivity contribution < 1.29 is 0 Å². The summed E-state index contributed by atoms with van der Waals surface area (Å²) in [5.74, 6) is 0. The Kier molecular flexibility index (Phi) is 3.99. The standard InChI is InChI=1S/C22H18BrN/c1-16-12-20-14-21(23)10-11-22(20)24(16)15-17-6-5-9-19(13-17)18-7-3-2-4-8-18/h2-14H,15H2,1H3. The Hall–Kier alpha value is -2.32. The molecule has 0 atom stereocenters. The van der Waals surface area contributed by atoms with Gasteiger partial charge in [0.2, 0.25) is 0 Å². The molecule has 0 spiro atoms. The summed E-state index contributed by atoms with van der Waals surface area (Å²) in [7, 11) is 0. The summed E-state index contributed by atoms with van der Waals surface area (Å²) in [6.07, 6.45) is 0. The van der Waals surface area contributed by atoms with Gasteiger partial charge in [-0.15, -0.1) is 0 Å². The smallest absolute Gasteiger partial charge is 0.0486 e. The predicted octanol–water partition coefficient (Wildman–Crippen LogP) is 6.43. The number of hydrogen-bond donors (Lipinski definition) is 0. The summed E-state index contributed by atoms with van der Waals surface area (Å²) >= 11 is 3.56. The third-order valence-corrected chi connectivity index (χ3v) is 4.94. The maximum atomic E-state index is 3.56. The van der Waals surface area contributed by atoms with E-state index in [1.54, 1.807) is 0 Å². The van der Waals surface area contributed by atoms with E-state index in [4.69, 9.17) is 0 Å². The van der Waals surface area contributed by atoms with Crippen molar-refractivity contribution >= 4 is 26.8 Å². The zero-order valence-electron chi connectivity index (χ0n) is 13.5. The molecule has 3 aromatic carbocycles. The zero-order chi connectivity index (χ0) is 16.5. The Labute approximate surface area is 150 Å². The lowest BCUT2D eigenvalue weighted by atomic mass is 10.0. The van der Waals surface area contributed by atoms with Gasteiger partial charge in [0, 0.05) is 27.6 Å². The van der Waals surface area contributed by atoms with E-state index < -0.39 is 0 Å². The van der Waals surface area contributed by atoms with Crippen LogP contribution in [0.25, 0.3) is 22.0 Å². The summed E-state index contributed by atoms with van der Waals surface area (Å²) < 4.78 is 3.50. The fourth-order valence-corrected chi connectivity index (χ4v) is 3.63.